The van der Waals surface area contributed by atoms with Gasteiger partial charge in [0.15, 0.2) is 12.6 Å². The van der Waals surface area contributed by atoms with E-state index in [1.807, 2.05) is 12.2 Å². The van der Waals surface area contributed by atoms with E-state index in [0.717, 1.165) is 0 Å². The highest BCUT2D eigenvalue weighted by Gasteiger charge is 2.52. The third-order valence-corrected chi connectivity index (χ3v) is 3.15. The molecule has 6 unspecified atom stereocenters. The quantitative estimate of drug-likeness (QED) is 0.489. The van der Waals surface area contributed by atoms with Crippen molar-refractivity contribution in [3.8, 4) is 0 Å². The topological polar surface area (TPSA) is 68.2 Å². The van der Waals surface area contributed by atoms with E-state index in [0.29, 0.717) is 0 Å². The average Bonchev–Trinajstić information content (AvgIpc) is 2.86. The number of hydrogen-bond acceptors (Lipinski definition) is 5. The van der Waals surface area contributed by atoms with Crippen LogP contribution >= 0.6 is 0 Å². The highest BCUT2D eigenvalue weighted by atomic mass is 16.6. The molecule has 2 heterocycles. The minimum Gasteiger partial charge on any atom is -0.368 e. The summed E-state index contributed by atoms with van der Waals surface area (Å²) in [6, 6.07) is 0. The molecule has 2 N–H and O–H groups in total. The Morgan fingerprint density at radius 3 is 1.73 bits per heavy atom. The SMILES string of the molecule is COC(O)C1C2C=CC(O2)C1C(O)OC. The van der Waals surface area contributed by atoms with Crippen LogP contribution in [0.3, 0.4) is 0 Å². The molecule has 1 fully saturated rings. The van der Waals surface area contributed by atoms with Gasteiger partial charge < -0.3 is 24.4 Å². The molecular weight excluding hydrogens is 200 g/mol. The fourth-order valence-electron chi connectivity index (χ4n) is 2.39. The van der Waals surface area contributed by atoms with Crippen molar-refractivity contribution in [3.63, 3.8) is 0 Å². The zero-order chi connectivity index (χ0) is 11.0. The van der Waals surface area contributed by atoms with Crippen molar-refractivity contribution in [1.29, 1.82) is 0 Å². The van der Waals surface area contributed by atoms with Gasteiger partial charge in [-0.1, -0.05) is 12.2 Å². The third kappa shape index (κ3) is 1.70. The lowest BCUT2D eigenvalue weighted by Crippen LogP contribution is -2.42. The summed E-state index contributed by atoms with van der Waals surface area (Å²) in [5, 5.41) is 19.4. The van der Waals surface area contributed by atoms with E-state index in [2.05, 4.69) is 0 Å². The second kappa shape index (κ2) is 4.19. The first-order valence-electron chi connectivity index (χ1n) is 4.94. The van der Waals surface area contributed by atoms with Crippen LogP contribution in [0.1, 0.15) is 0 Å². The summed E-state index contributed by atoms with van der Waals surface area (Å²) in [5.41, 5.74) is 0. The van der Waals surface area contributed by atoms with Gasteiger partial charge in [-0.05, 0) is 0 Å². The molecule has 0 spiro atoms. The second-order valence-corrected chi connectivity index (χ2v) is 3.86. The van der Waals surface area contributed by atoms with Gasteiger partial charge in [-0.2, -0.15) is 0 Å². The standard InChI is InChI=1S/C10H16O5/c1-13-9(11)7-5-3-4-6(15-5)8(7)10(12)14-2/h3-12H,1-2H3. The Bertz CT molecular complexity index is 230. The molecule has 0 aliphatic carbocycles. The predicted molar refractivity (Wildman–Crippen MR) is 50.8 cm³/mol. The second-order valence-electron chi connectivity index (χ2n) is 3.86. The first kappa shape index (κ1) is 11.0. The van der Waals surface area contributed by atoms with E-state index in [1.54, 1.807) is 0 Å². The van der Waals surface area contributed by atoms with Gasteiger partial charge in [0.25, 0.3) is 0 Å². The molecule has 2 aliphatic heterocycles. The fraction of sp³-hybridized carbons (Fsp3) is 0.800. The van der Waals surface area contributed by atoms with Gasteiger partial charge in [-0.3, -0.25) is 0 Å². The van der Waals surface area contributed by atoms with Crippen LogP contribution in [-0.4, -0.2) is 49.2 Å². The molecule has 2 aliphatic rings. The highest BCUT2D eigenvalue weighted by molar-refractivity contribution is 5.15. The van der Waals surface area contributed by atoms with Gasteiger partial charge in [-0.15, -0.1) is 0 Å². The molecule has 0 aromatic rings. The van der Waals surface area contributed by atoms with Crippen LogP contribution in [0.25, 0.3) is 0 Å². The largest absolute Gasteiger partial charge is 0.368 e. The van der Waals surface area contributed by atoms with E-state index >= 15 is 0 Å². The highest BCUT2D eigenvalue weighted by Crippen LogP contribution is 2.42. The van der Waals surface area contributed by atoms with Crippen molar-refractivity contribution >= 4 is 0 Å². The Hall–Kier alpha value is -0.460. The maximum Gasteiger partial charge on any atom is 0.160 e. The van der Waals surface area contributed by atoms with Gasteiger partial charge in [0, 0.05) is 14.2 Å². The smallest absolute Gasteiger partial charge is 0.160 e. The Kier molecular flexibility index (Phi) is 3.08. The van der Waals surface area contributed by atoms with Crippen molar-refractivity contribution in [2.75, 3.05) is 14.2 Å². The van der Waals surface area contributed by atoms with Crippen molar-refractivity contribution in [2.24, 2.45) is 11.8 Å². The maximum atomic E-state index is 9.69. The molecule has 0 saturated carbocycles. The number of methoxy groups -OCH3 is 2. The molecule has 15 heavy (non-hydrogen) atoms. The summed E-state index contributed by atoms with van der Waals surface area (Å²) in [6.45, 7) is 0. The van der Waals surface area contributed by atoms with Crippen LogP contribution in [0.15, 0.2) is 12.2 Å². The van der Waals surface area contributed by atoms with E-state index in [-0.39, 0.29) is 24.0 Å². The zero-order valence-corrected chi connectivity index (χ0v) is 8.74. The molecule has 0 amide bonds. The summed E-state index contributed by atoms with van der Waals surface area (Å²) in [5.74, 6) is -0.556. The van der Waals surface area contributed by atoms with E-state index < -0.39 is 12.6 Å². The van der Waals surface area contributed by atoms with Crippen LogP contribution in [0.2, 0.25) is 0 Å². The Morgan fingerprint density at radius 2 is 1.40 bits per heavy atom. The molecule has 86 valence electrons. The molecule has 0 aromatic heterocycles. The molecule has 2 bridgehead atoms. The van der Waals surface area contributed by atoms with Gasteiger partial charge in [-0.25, -0.2) is 0 Å². The fourth-order valence-corrected chi connectivity index (χ4v) is 2.39. The van der Waals surface area contributed by atoms with Crippen LogP contribution in [-0.2, 0) is 14.2 Å². The van der Waals surface area contributed by atoms with Crippen molar-refractivity contribution in [2.45, 2.75) is 24.8 Å². The molecule has 0 aromatic carbocycles. The molecule has 5 nitrogen and oxygen atoms in total. The van der Waals surface area contributed by atoms with E-state index in [1.165, 1.54) is 14.2 Å². The van der Waals surface area contributed by atoms with Crippen molar-refractivity contribution in [3.05, 3.63) is 12.2 Å². The van der Waals surface area contributed by atoms with Crippen molar-refractivity contribution < 1.29 is 24.4 Å². The predicted octanol–water partition coefficient (Wildman–Crippen LogP) is -0.514. The minimum atomic E-state index is -0.945. The first-order chi connectivity index (χ1) is 7.19. The molecule has 2 rings (SSSR count). The zero-order valence-electron chi connectivity index (χ0n) is 8.74. The summed E-state index contributed by atoms with van der Waals surface area (Å²) in [6.07, 6.45) is 1.49. The minimum absolute atomic E-state index is 0.195. The normalized spacial score (nSPS) is 42.1. The van der Waals surface area contributed by atoms with Gasteiger partial charge in [0.05, 0.1) is 24.0 Å². The summed E-state index contributed by atoms with van der Waals surface area (Å²) in [7, 11) is 2.85. The summed E-state index contributed by atoms with van der Waals surface area (Å²) in [4.78, 5) is 0. The Balaban J connectivity index is 2.16. The maximum absolute atomic E-state index is 9.69. The molecule has 6 atom stereocenters. The monoisotopic (exact) mass is 216 g/mol. The number of hydrogen-bond donors (Lipinski definition) is 2. The van der Waals surface area contributed by atoms with Crippen molar-refractivity contribution in [1.82, 2.24) is 0 Å². The van der Waals surface area contributed by atoms with Gasteiger partial charge >= 0.3 is 0 Å². The lowest BCUT2D eigenvalue weighted by atomic mass is 9.82. The molecule has 5 heteroatoms. The number of fused-ring (bicyclic) bond motifs is 2. The van der Waals surface area contributed by atoms with Gasteiger partial charge in [0.1, 0.15) is 0 Å². The number of aliphatic hydroxyl groups is 2. The third-order valence-electron chi connectivity index (χ3n) is 3.15. The van der Waals surface area contributed by atoms with Crippen LogP contribution in [0.5, 0.6) is 0 Å². The van der Waals surface area contributed by atoms with Crippen LogP contribution in [0, 0.1) is 11.8 Å². The molecule has 0 radical (unpaired) electrons. The summed E-state index contributed by atoms with van der Waals surface area (Å²) < 4.78 is 15.3. The lowest BCUT2D eigenvalue weighted by Gasteiger charge is -2.30. The lowest BCUT2D eigenvalue weighted by molar-refractivity contribution is -0.175. The average molecular weight is 216 g/mol. The van der Waals surface area contributed by atoms with Crippen LogP contribution < -0.4 is 0 Å². The molecular formula is C10H16O5. The number of ether oxygens (including phenoxy) is 3. The van der Waals surface area contributed by atoms with E-state index in [4.69, 9.17) is 14.2 Å². The van der Waals surface area contributed by atoms with E-state index in [9.17, 15) is 10.2 Å². The van der Waals surface area contributed by atoms with Crippen LogP contribution in [0.4, 0.5) is 0 Å². The Labute approximate surface area is 88.3 Å². The number of aliphatic hydroxyl groups excluding tert-OH is 2. The Morgan fingerprint density at radius 1 is 1.00 bits per heavy atom. The van der Waals surface area contributed by atoms with Gasteiger partial charge in [0.2, 0.25) is 0 Å². The first-order valence-corrected chi connectivity index (χ1v) is 4.94. The number of rotatable bonds is 4. The summed E-state index contributed by atoms with van der Waals surface area (Å²) >= 11 is 0. The molecule has 1 saturated heterocycles.